The predicted octanol–water partition coefficient (Wildman–Crippen LogP) is 12.5. The molecule has 10 rings (SSSR count). The lowest BCUT2D eigenvalue weighted by Gasteiger charge is -2.24. The zero-order valence-corrected chi connectivity index (χ0v) is 37.7. The number of fused-ring (bicyclic) bond motifs is 6. The third-order valence-corrected chi connectivity index (χ3v) is 11.4. The molecule has 348 valence electrons. The first kappa shape index (κ1) is 45.6. The van der Waals surface area contributed by atoms with Crippen LogP contribution in [0.5, 0.6) is 34.5 Å². The highest BCUT2D eigenvalue weighted by Crippen LogP contribution is 2.58. The van der Waals surface area contributed by atoms with Crippen LogP contribution in [0.4, 0.5) is 0 Å². The molecule has 0 fully saturated rings. The van der Waals surface area contributed by atoms with E-state index in [0.29, 0.717) is 16.2 Å². The van der Waals surface area contributed by atoms with Crippen LogP contribution in [0.3, 0.4) is 0 Å². The van der Waals surface area contributed by atoms with Gasteiger partial charge in [0.05, 0.1) is 33.4 Å². The van der Waals surface area contributed by atoms with Gasteiger partial charge in [0.25, 0.3) is 0 Å². The SMILES string of the molecule is O=C(Oc1ccc2c3ccccc3c3c(OC(=O)c4ccccc4)c(OC(=O)c4ccccc4)c(OC(=O)c4ccccc4)c(OC(=O)c4ccccc4)c3c2c1OC(=O)c1ccccc1)c1ccccc1. The molecule has 0 N–H and O–H groups in total. The fourth-order valence-corrected chi connectivity index (χ4v) is 8.05. The van der Waals surface area contributed by atoms with E-state index in [1.165, 1.54) is 66.7 Å². The molecule has 0 aliphatic rings. The summed E-state index contributed by atoms with van der Waals surface area (Å²) in [5.74, 6) is -8.57. The quantitative estimate of drug-likeness (QED) is 0.0649. The van der Waals surface area contributed by atoms with Gasteiger partial charge in [-0.3, -0.25) is 0 Å². The topological polar surface area (TPSA) is 158 Å². The minimum Gasteiger partial charge on any atom is -0.419 e. The number of rotatable bonds is 12. The van der Waals surface area contributed by atoms with Crippen molar-refractivity contribution in [3.63, 3.8) is 0 Å². The van der Waals surface area contributed by atoms with Crippen LogP contribution in [0.2, 0.25) is 0 Å². The number of benzene rings is 10. The largest absolute Gasteiger partial charge is 0.419 e. The lowest BCUT2D eigenvalue weighted by molar-refractivity contribution is 0.0642. The van der Waals surface area contributed by atoms with Gasteiger partial charge in [-0.2, -0.15) is 0 Å². The minimum absolute atomic E-state index is 0.0251. The Morgan fingerprint density at radius 1 is 0.208 bits per heavy atom. The number of carbonyl (C=O) groups excluding carboxylic acids is 6. The van der Waals surface area contributed by atoms with E-state index in [-0.39, 0.29) is 61.0 Å². The summed E-state index contributed by atoms with van der Waals surface area (Å²) in [6.07, 6.45) is 0. The molecule has 10 aromatic rings. The second kappa shape index (κ2) is 20.2. The smallest absolute Gasteiger partial charge is 0.343 e. The van der Waals surface area contributed by atoms with Crippen LogP contribution < -0.4 is 28.4 Å². The molecule has 0 aliphatic heterocycles. The molecule has 0 unspecified atom stereocenters. The number of hydrogen-bond donors (Lipinski definition) is 0. The standard InChI is InChI=1S/C60H36O12/c61-55(37-21-7-1-8-22-37)67-46-36-35-45-43-33-19-20-34-44(43)48-49(47(45)50(46)68-56(62)38-23-9-2-10-24-38)52(70-58(64)40-27-13-4-14-28-40)54(72-60(66)42-31-17-6-18-32-42)53(71-59(65)41-29-15-5-16-30-41)51(48)69-57(63)39-25-11-3-12-26-39/h1-36H. The molecule has 0 bridgehead atoms. The Balaban J connectivity index is 1.39. The average Bonchev–Trinajstić information content (AvgIpc) is 3.44. The van der Waals surface area contributed by atoms with Gasteiger partial charge in [-0.25, -0.2) is 28.8 Å². The normalized spacial score (nSPS) is 10.8. The Kier molecular flexibility index (Phi) is 12.8. The van der Waals surface area contributed by atoms with E-state index in [4.69, 9.17) is 28.4 Å². The molecule has 0 saturated carbocycles. The van der Waals surface area contributed by atoms with Gasteiger partial charge in [0.2, 0.25) is 11.5 Å². The van der Waals surface area contributed by atoms with E-state index in [1.54, 1.807) is 152 Å². The monoisotopic (exact) mass is 948 g/mol. The average molecular weight is 949 g/mol. The summed E-state index contributed by atoms with van der Waals surface area (Å²) in [5, 5.41) is 0.868. The summed E-state index contributed by atoms with van der Waals surface area (Å²) < 4.78 is 37.9. The van der Waals surface area contributed by atoms with Crippen molar-refractivity contribution in [1.82, 2.24) is 0 Å². The fraction of sp³-hybridized carbons (Fsp3) is 0. The third-order valence-electron chi connectivity index (χ3n) is 11.4. The Hall–Kier alpha value is -10.2. The third kappa shape index (κ3) is 9.21. The molecule has 0 spiro atoms. The molecule has 72 heavy (non-hydrogen) atoms. The van der Waals surface area contributed by atoms with Crippen molar-refractivity contribution in [3.05, 3.63) is 252 Å². The van der Waals surface area contributed by atoms with E-state index in [1.807, 2.05) is 0 Å². The molecule has 12 heteroatoms. The van der Waals surface area contributed by atoms with Crippen LogP contribution in [0.15, 0.2) is 218 Å². The molecule has 0 atom stereocenters. The van der Waals surface area contributed by atoms with E-state index in [9.17, 15) is 28.8 Å². The van der Waals surface area contributed by atoms with Gasteiger partial charge in [0, 0.05) is 16.2 Å². The maximum atomic E-state index is 14.7. The summed E-state index contributed by atoms with van der Waals surface area (Å²) in [6, 6.07) is 57.7. The maximum absolute atomic E-state index is 14.7. The van der Waals surface area contributed by atoms with Crippen molar-refractivity contribution < 1.29 is 57.2 Å². The van der Waals surface area contributed by atoms with Gasteiger partial charge in [0.15, 0.2) is 23.0 Å². The van der Waals surface area contributed by atoms with Gasteiger partial charge in [-0.05, 0) is 101 Å². The van der Waals surface area contributed by atoms with Gasteiger partial charge < -0.3 is 28.4 Å². The van der Waals surface area contributed by atoms with Crippen LogP contribution in [-0.4, -0.2) is 35.8 Å². The van der Waals surface area contributed by atoms with Crippen molar-refractivity contribution in [2.24, 2.45) is 0 Å². The van der Waals surface area contributed by atoms with Crippen molar-refractivity contribution in [3.8, 4) is 34.5 Å². The molecule has 0 saturated heterocycles. The maximum Gasteiger partial charge on any atom is 0.343 e. The molecular formula is C60H36O12. The second-order valence-electron chi connectivity index (χ2n) is 16.0. The molecule has 0 aromatic heterocycles. The number of ether oxygens (including phenoxy) is 6. The van der Waals surface area contributed by atoms with E-state index in [0.717, 1.165) is 0 Å². The molecule has 0 heterocycles. The second-order valence-corrected chi connectivity index (χ2v) is 16.0. The minimum atomic E-state index is -1.01. The van der Waals surface area contributed by atoms with E-state index < -0.39 is 58.8 Å². The Morgan fingerprint density at radius 3 is 0.819 bits per heavy atom. The highest BCUT2D eigenvalue weighted by Gasteiger charge is 2.36. The first-order valence-electron chi connectivity index (χ1n) is 22.4. The molecule has 12 nitrogen and oxygen atoms in total. The first-order valence-corrected chi connectivity index (χ1v) is 22.4. The van der Waals surface area contributed by atoms with Gasteiger partial charge in [-0.15, -0.1) is 0 Å². The lowest BCUT2D eigenvalue weighted by Crippen LogP contribution is -2.18. The highest BCUT2D eigenvalue weighted by atomic mass is 16.6. The number of carbonyl (C=O) groups is 6. The molecule has 0 aliphatic carbocycles. The number of esters is 6. The van der Waals surface area contributed by atoms with Crippen molar-refractivity contribution >= 4 is 68.1 Å². The van der Waals surface area contributed by atoms with E-state index in [2.05, 4.69) is 0 Å². The van der Waals surface area contributed by atoms with Gasteiger partial charge >= 0.3 is 35.8 Å². The van der Waals surface area contributed by atoms with Crippen LogP contribution in [0.1, 0.15) is 62.1 Å². The van der Waals surface area contributed by atoms with Crippen molar-refractivity contribution in [2.75, 3.05) is 0 Å². The van der Waals surface area contributed by atoms with Crippen LogP contribution in [0.25, 0.3) is 32.3 Å². The summed E-state index contributed by atoms with van der Waals surface area (Å²) in [5.41, 5.74) is 0.467. The van der Waals surface area contributed by atoms with Crippen molar-refractivity contribution in [1.29, 1.82) is 0 Å². The van der Waals surface area contributed by atoms with Gasteiger partial charge in [0.1, 0.15) is 0 Å². The summed E-state index contributed by atoms with van der Waals surface area (Å²) in [6.45, 7) is 0. The summed E-state index contributed by atoms with van der Waals surface area (Å²) >= 11 is 0. The Labute approximate surface area is 410 Å². The zero-order valence-electron chi connectivity index (χ0n) is 37.7. The van der Waals surface area contributed by atoms with Gasteiger partial charge in [-0.1, -0.05) is 133 Å². The number of hydrogen-bond acceptors (Lipinski definition) is 12. The Bertz CT molecular complexity index is 3700. The highest BCUT2D eigenvalue weighted by molar-refractivity contribution is 6.32. The lowest BCUT2D eigenvalue weighted by atomic mass is 9.91. The molecule has 10 aromatic carbocycles. The van der Waals surface area contributed by atoms with Crippen LogP contribution >= 0.6 is 0 Å². The van der Waals surface area contributed by atoms with Crippen LogP contribution in [-0.2, 0) is 0 Å². The molecular weight excluding hydrogens is 913 g/mol. The van der Waals surface area contributed by atoms with E-state index >= 15 is 0 Å². The zero-order chi connectivity index (χ0) is 49.6. The summed E-state index contributed by atoms with van der Waals surface area (Å²) in [7, 11) is 0. The molecule has 0 amide bonds. The van der Waals surface area contributed by atoms with Crippen molar-refractivity contribution in [2.45, 2.75) is 0 Å². The summed E-state index contributed by atoms with van der Waals surface area (Å²) in [4.78, 5) is 86.6. The molecule has 0 radical (unpaired) electrons. The fourth-order valence-electron chi connectivity index (χ4n) is 8.05. The Morgan fingerprint density at radius 2 is 0.458 bits per heavy atom. The van der Waals surface area contributed by atoms with Crippen LogP contribution in [0, 0.1) is 0 Å². The predicted molar refractivity (Wildman–Crippen MR) is 267 cm³/mol. The first-order chi connectivity index (χ1) is 35.2.